The van der Waals surface area contributed by atoms with Crippen molar-refractivity contribution < 1.29 is 22.5 Å². The molecular formula is C19H26ClN8O4S+. The van der Waals surface area contributed by atoms with Crippen LogP contribution < -0.4 is 30.8 Å². The number of nitrogen functional groups attached to an aromatic ring is 2. The van der Waals surface area contributed by atoms with Crippen molar-refractivity contribution in [2.45, 2.75) is 26.6 Å². The number of aryl methyl sites for hydroxylation is 1. The molecule has 0 bridgehead atoms. The Morgan fingerprint density at radius 1 is 1.27 bits per heavy atom. The van der Waals surface area contributed by atoms with Gasteiger partial charge in [0.1, 0.15) is 18.8 Å². The fraction of sp³-hybridized carbons (Fsp3) is 0.368. The summed E-state index contributed by atoms with van der Waals surface area (Å²) < 4.78 is 34.8. The zero-order valence-corrected chi connectivity index (χ0v) is 20.0. The van der Waals surface area contributed by atoms with Crippen LogP contribution >= 0.6 is 11.6 Å². The number of nitrogens with two attached hydrogens (primary N) is 2. The number of fused-ring (bicyclic) bond motifs is 1. The van der Waals surface area contributed by atoms with Crippen molar-refractivity contribution in [3.63, 3.8) is 0 Å². The first-order valence-electron chi connectivity index (χ1n) is 9.96. The third-order valence-electron chi connectivity index (χ3n) is 4.93. The number of carbonyl (C=O) groups excluding carboxylic acids is 1. The molecule has 14 heteroatoms. The summed E-state index contributed by atoms with van der Waals surface area (Å²) in [7, 11) is -1.78. The lowest BCUT2D eigenvalue weighted by Crippen LogP contribution is -2.45. The first kappa shape index (κ1) is 24.5. The SMILES string of the molecule is CCn1c(CNC(=O)c2nc(Cl)c(N)nc2N)[n+](CCNS(C)(=O)=O)c2ccc(OC)cc21. The molecule has 1 aromatic carbocycles. The number of aromatic nitrogens is 4. The number of methoxy groups -OCH3 is 1. The van der Waals surface area contributed by atoms with Crippen LogP contribution in [0.2, 0.25) is 5.15 Å². The van der Waals surface area contributed by atoms with Crippen LogP contribution in [0.4, 0.5) is 11.6 Å². The van der Waals surface area contributed by atoms with Crippen molar-refractivity contribution >= 4 is 50.2 Å². The summed E-state index contributed by atoms with van der Waals surface area (Å²) in [5.41, 5.74) is 12.9. The van der Waals surface area contributed by atoms with Gasteiger partial charge < -0.3 is 21.5 Å². The van der Waals surface area contributed by atoms with Crippen LogP contribution in [0.1, 0.15) is 23.2 Å². The van der Waals surface area contributed by atoms with E-state index in [-0.39, 0.29) is 35.6 Å². The molecule has 0 radical (unpaired) electrons. The number of imidazole rings is 1. The molecule has 12 nitrogen and oxygen atoms in total. The molecule has 1 amide bonds. The van der Waals surface area contributed by atoms with Gasteiger partial charge in [-0.25, -0.2) is 32.2 Å². The van der Waals surface area contributed by atoms with Gasteiger partial charge in [-0.1, -0.05) is 11.6 Å². The van der Waals surface area contributed by atoms with Crippen molar-refractivity contribution in [3.8, 4) is 5.75 Å². The van der Waals surface area contributed by atoms with Crippen molar-refractivity contribution in [1.29, 1.82) is 0 Å². The van der Waals surface area contributed by atoms with E-state index >= 15 is 0 Å². The quantitative estimate of drug-likeness (QED) is 0.300. The van der Waals surface area contributed by atoms with Crippen LogP contribution in [0.25, 0.3) is 11.0 Å². The van der Waals surface area contributed by atoms with E-state index in [0.717, 1.165) is 23.1 Å². The molecule has 3 rings (SSSR count). The monoisotopic (exact) mass is 497 g/mol. The molecule has 2 aromatic heterocycles. The number of carbonyl (C=O) groups is 1. The first-order chi connectivity index (χ1) is 15.6. The Hall–Kier alpha value is -3.16. The number of sulfonamides is 1. The maximum atomic E-state index is 12.8. The second-order valence-electron chi connectivity index (χ2n) is 7.15. The van der Waals surface area contributed by atoms with Gasteiger partial charge in [0.25, 0.3) is 11.7 Å². The van der Waals surface area contributed by atoms with E-state index in [1.54, 1.807) is 7.11 Å². The van der Waals surface area contributed by atoms with Gasteiger partial charge in [0.2, 0.25) is 10.0 Å². The zero-order valence-electron chi connectivity index (χ0n) is 18.4. The topological polar surface area (TPSA) is 171 Å². The van der Waals surface area contributed by atoms with Crippen LogP contribution in [-0.4, -0.2) is 48.8 Å². The van der Waals surface area contributed by atoms with Crippen molar-refractivity contribution in [3.05, 3.63) is 34.9 Å². The third-order valence-corrected chi connectivity index (χ3v) is 5.94. The number of hydrogen-bond acceptors (Lipinski definition) is 8. The molecule has 33 heavy (non-hydrogen) atoms. The summed E-state index contributed by atoms with van der Waals surface area (Å²) in [5, 5.41) is 2.66. The second-order valence-corrected chi connectivity index (χ2v) is 9.34. The molecule has 0 fully saturated rings. The predicted octanol–water partition coefficient (Wildman–Crippen LogP) is 0.0443. The van der Waals surface area contributed by atoms with E-state index in [1.807, 2.05) is 34.3 Å². The number of nitrogens with zero attached hydrogens (tertiary/aromatic N) is 4. The molecule has 0 saturated carbocycles. The Balaban J connectivity index is 1.98. The second kappa shape index (κ2) is 9.77. The highest BCUT2D eigenvalue weighted by atomic mass is 35.5. The minimum Gasteiger partial charge on any atom is -0.497 e. The normalized spacial score (nSPS) is 11.6. The fourth-order valence-corrected chi connectivity index (χ4v) is 4.08. The number of halogens is 1. The molecule has 0 saturated heterocycles. The Morgan fingerprint density at radius 3 is 2.64 bits per heavy atom. The van der Waals surface area contributed by atoms with Gasteiger partial charge in [-0.05, 0) is 19.1 Å². The molecule has 0 unspecified atom stereocenters. The first-order valence-corrected chi connectivity index (χ1v) is 12.2. The molecule has 2 heterocycles. The largest absolute Gasteiger partial charge is 0.497 e. The van der Waals surface area contributed by atoms with E-state index < -0.39 is 15.9 Å². The molecule has 0 aliphatic heterocycles. The van der Waals surface area contributed by atoms with Crippen molar-refractivity contribution in [2.24, 2.45) is 0 Å². The van der Waals surface area contributed by atoms with Crippen molar-refractivity contribution in [2.75, 3.05) is 31.4 Å². The van der Waals surface area contributed by atoms with Crippen LogP contribution in [-0.2, 0) is 29.7 Å². The Labute approximate surface area is 195 Å². The molecule has 0 aliphatic carbocycles. The Kier molecular flexibility index (Phi) is 7.25. The smallest absolute Gasteiger partial charge is 0.277 e. The fourth-order valence-electron chi connectivity index (χ4n) is 3.49. The standard InChI is InChI=1S/C19H25ClN8O4S/c1-4-27-13-9-11(32-2)5-6-12(13)28(8-7-24-33(3,30)31)14(27)10-23-19(29)15-17(21)26-18(22)16(20)25-15/h5-6,9,24H,4,7-8,10H2,1-3H3,(H4-,21,22,23,26,29)/p+1. The maximum absolute atomic E-state index is 12.8. The predicted molar refractivity (Wildman–Crippen MR) is 124 cm³/mol. The molecule has 0 aliphatic rings. The molecule has 0 spiro atoms. The molecule has 0 atom stereocenters. The number of ether oxygens (including phenoxy) is 1. The highest BCUT2D eigenvalue weighted by molar-refractivity contribution is 7.88. The van der Waals surface area contributed by atoms with Gasteiger partial charge in [-0.15, -0.1) is 0 Å². The van der Waals surface area contributed by atoms with E-state index in [9.17, 15) is 13.2 Å². The van der Waals surface area contributed by atoms with Crippen LogP contribution in [0, 0.1) is 0 Å². The number of rotatable bonds is 9. The molecule has 3 aromatic rings. The number of anilines is 2. The number of nitrogens with one attached hydrogen (secondary N) is 2. The van der Waals surface area contributed by atoms with Crippen molar-refractivity contribution in [1.82, 2.24) is 24.6 Å². The van der Waals surface area contributed by atoms with Gasteiger partial charge in [0.05, 0.1) is 19.9 Å². The zero-order chi connectivity index (χ0) is 24.3. The van der Waals surface area contributed by atoms with Gasteiger partial charge in [0.15, 0.2) is 33.5 Å². The minimum absolute atomic E-state index is 0.0676. The van der Waals surface area contributed by atoms with Gasteiger partial charge in [0, 0.05) is 12.6 Å². The highest BCUT2D eigenvalue weighted by Crippen LogP contribution is 2.22. The lowest BCUT2D eigenvalue weighted by atomic mass is 10.3. The summed E-state index contributed by atoms with van der Waals surface area (Å²) in [6.45, 7) is 3.17. The minimum atomic E-state index is -3.36. The average Bonchev–Trinajstić information content (AvgIpc) is 3.05. The van der Waals surface area contributed by atoms with Gasteiger partial charge >= 0.3 is 0 Å². The number of amides is 1. The van der Waals surface area contributed by atoms with Crippen LogP contribution in [0.15, 0.2) is 18.2 Å². The molecule has 6 N–H and O–H groups in total. The third kappa shape index (κ3) is 5.43. The lowest BCUT2D eigenvalue weighted by molar-refractivity contribution is -0.677. The highest BCUT2D eigenvalue weighted by Gasteiger charge is 2.26. The summed E-state index contributed by atoms with van der Waals surface area (Å²) in [6.07, 6.45) is 1.10. The summed E-state index contributed by atoms with van der Waals surface area (Å²) in [6, 6.07) is 5.58. The molecule has 178 valence electrons. The summed E-state index contributed by atoms with van der Waals surface area (Å²) in [4.78, 5) is 20.5. The van der Waals surface area contributed by atoms with E-state index in [4.69, 9.17) is 27.8 Å². The Morgan fingerprint density at radius 2 is 2.00 bits per heavy atom. The van der Waals surface area contributed by atoms with Crippen LogP contribution in [0.3, 0.4) is 0 Å². The number of hydrogen-bond donors (Lipinski definition) is 4. The Bertz CT molecular complexity index is 1310. The van der Waals surface area contributed by atoms with E-state index in [1.165, 1.54) is 0 Å². The summed E-state index contributed by atoms with van der Waals surface area (Å²) in [5.74, 6) is 0.624. The van der Waals surface area contributed by atoms with Gasteiger partial charge in [-0.2, -0.15) is 0 Å². The maximum Gasteiger partial charge on any atom is 0.277 e. The number of benzene rings is 1. The summed E-state index contributed by atoms with van der Waals surface area (Å²) >= 11 is 5.89. The average molecular weight is 498 g/mol. The van der Waals surface area contributed by atoms with Gasteiger partial charge in [-0.3, -0.25) is 4.79 Å². The molecular weight excluding hydrogens is 472 g/mol. The van der Waals surface area contributed by atoms with Crippen LogP contribution in [0.5, 0.6) is 5.75 Å². The van der Waals surface area contributed by atoms with E-state index in [2.05, 4.69) is 20.0 Å². The van der Waals surface area contributed by atoms with E-state index in [0.29, 0.717) is 18.8 Å². The lowest BCUT2D eigenvalue weighted by Gasteiger charge is -2.08.